The third-order valence-electron chi connectivity index (χ3n) is 3.20. The van der Waals surface area contributed by atoms with E-state index in [1.54, 1.807) is 0 Å². The molecule has 0 atom stereocenters. The van der Waals surface area contributed by atoms with Crippen molar-refractivity contribution in [2.24, 2.45) is 11.8 Å². The number of halogens is 1. The predicted molar refractivity (Wildman–Crippen MR) is 70.1 cm³/mol. The highest BCUT2D eigenvalue weighted by Crippen LogP contribution is 2.32. The van der Waals surface area contributed by atoms with Gasteiger partial charge < -0.3 is 9.64 Å². The van der Waals surface area contributed by atoms with Crippen molar-refractivity contribution in [3.8, 4) is 0 Å². The standard InChI is InChI=1S/C13H26ClNO/c1-11(2)4-6-16-7-5-15(3)10-12-8-13(14)9-12/h11-13H,4-10H2,1-3H3. The molecular weight excluding hydrogens is 222 g/mol. The predicted octanol–water partition coefficient (Wildman–Crippen LogP) is 3.00. The Labute approximate surface area is 105 Å². The first kappa shape index (κ1) is 14.3. The lowest BCUT2D eigenvalue weighted by Crippen LogP contribution is -2.36. The van der Waals surface area contributed by atoms with Crippen LogP contribution in [0, 0.1) is 11.8 Å². The summed E-state index contributed by atoms with van der Waals surface area (Å²) in [5.41, 5.74) is 0. The summed E-state index contributed by atoms with van der Waals surface area (Å²) < 4.78 is 5.60. The van der Waals surface area contributed by atoms with Gasteiger partial charge >= 0.3 is 0 Å². The van der Waals surface area contributed by atoms with Crippen LogP contribution in [0.5, 0.6) is 0 Å². The third-order valence-corrected chi connectivity index (χ3v) is 3.56. The van der Waals surface area contributed by atoms with Gasteiger partial charge in [0.25, 0.3) is 0 Å². The van der Waals surface area contributed by atoms with Crippen LogP contribution >= 0.6 is 11.6 Å². The van der Waals surface area contributed by atoms with Crippen LogP contribution in [0.1, 0.15) is 33.1 Å². The van der Waals surface area contributed by atoms with Gasteiger partial charge in [-0.1, -0.05) is 13.8 Å². The van der Waals surface area contributed by atoms with Gasteiger partial charge in [0.05, 0.1) is 6.61 Å². The highest BCUT2D eigenvalue weighted by atomic mass is 35.5. The van der Waals surface area contributed by atoms with Crippen molar-refractivity contribution in [2.75, 3.05) is 33.4 Å². The van der Waals surface area contributed by atoms with E-state index in [0.29, 0.717) is 5.38 Å². The fraction of sp³-hybridized carbons (Fsp3) is 1.00. The summed E-state index contributed by atoms with van der Waals surface area (Å²) in [6.45, 7) is 8.44. The molecule has 0 aliphatic heterocycles. The van der Waals surface area contributed by atoms with Crippen molar-refractivity contribution in [1.29, 1.82) is 0 Å². The summed E-state index contributed by atoms with van der Waals surface area (Å²) in [6.07, 6.45) is 3.56. The van der Waals surface area contributed by atoms with E-state index < -0.39 is 0 Å². The van der Waals surface area contributed by atoms with Gasteiger partial charge in [0.15, 0.2) is 0 Å². The van der Waals surface area contributed by atoms with Gasteiger partial charge in [-0.15, -0.1) is 11.6 Å². The van der Waals surface area contributed by atoms with Crippen molar-refractivity contribution in [3.63, 3.8) is 0 Å². The van der Waals surface area contributed by atoms with Crippen LogP contribution in [0.25, 0.3) is 0 Å². The Morgan fingerprint density at radius 2 is 2.00 bits per heavy atom. The minimum Gasteiger partial charge on any atom is -0.380 e. The number of hydrogen-bond donors (Lipinski definition) is 0. The van der Waals surface area contributed by atoms with Crippen molar-refractivity contribution < 1.29 is 4.74 Å². The van der Waals surface area contributed by atoms with Gasteiger partial charge in [-0.2, -0.15) is 0 Å². The topological polar surface area (TPSA) is 12.5 Å². The summed E-state index contributed by atoms with van der Waals surface area (Å²) in [7, 11) is 2.17. The number of rotatable bonds is 8. The first-order valence-corrected chi connectivity index (χ1v) is 6.92. The van der Waals surface area contributed by atoms with Crippen LogP contribution in [0.2, 0.25) is 0 Å². The molecule has 0 radical (unpaired) electrons. The maximum absolute atomic E-state index is 5.96. The van der Waals surface area contributed by atoms with E-state index in [-0.39, 0.29) is 0 Å². The summed E-state index contributed by atoms with van der Waals surface area (Å²) in [4.78, 5) is 2.36. The van der Waals surface area contributed by atoms with Crippen LogP contribution in [0.15, 0.2) is 0 Å². The normalized spacial score (nSPS) is 25.1. The molecule has 0 unspecified atom stereocenters. The summed E-state index contributed by atoms with van der Waals surface area (Å²) in [5.74, 6) is 1.57. The molecule has 0 amide bonds. The molecule has 1 rings (SSSR count). The van der Waals surface area contributed by atoms with Crippen LogP contribution in [-0.2, 0) is 4.74 Å². The zero-order valence-corrected chi connectivity index (χ0v) is 11.7. The maximum atomic E-state index is 5.96. The summed E-state index contributed by atoms with van der Waals surface area (Å²) in [6, 6.07) is 0. The van der Waals surface area contributed by atoms with E-state index >= 15 is 0 Å². The molecule has 16 heavy (non-hydrogen) atoms. The monoisotopic (exact) mass is 247 g/mol. The molecule has 0 aromatic heterocycles. The summed E-state index contributed by atoms with van der Waals surface area (Å²) in [5, 5.41) is 0.445. The zero-order chi connectivity index (χ0) is 12.0. The smallest absolute Gasteiger partial charge is 0.0593 e. The van der Waals surface area contributed by atoms with Crippen molar-refractivity contribution in [1.82, 2.24) is 4.90 Å². The van der Waals surface area contributed by atoms with Gasteiger partial charge in [0.2, 0.25) is 0 Å². The Morgan fingerprint density at radius 3 is 2.56 bits per heavy atom. The lowest BCUT2D eigenvalue weighted by atomic mass is 9.84. The van der Waals surface area contributed by atoms with Gasteiger partial charge in [0.1, 0.15) is 0 Å². The third kappa shape index (κ3) is 6.07. The lowest BCUT2D eigenvalue weighted by molar-refractivity contribution is 0.0937. The number of hydrogen-bond acceptors (Lipinski definition) is 2. The molecule has 0 aromatic carbocycles. The Hall–Kier alpha value is 0.210. The van der Waals surface area contributed by atoms with Gasteiger partial charge in [-0.05, 0) is 38.1 Å². The number of nitrogens with zero attached hydrogens (tertiary/aromatic N) is 1. The SMILES string of the molecule is CC(C)CCOCCN(C)CC1CC(Cl)C1. The van der Waals surface area contributed by atoms with Crippen molar-refractivity contribution in [3.05, 3.63) is 0 Å². The van der Waals surface area contributed by atoms with E-state index in [1.165, 1.54) is 25.8 Å². The number of alkyl halides is 1. The average molecular weight is 248 g/mol. The minimum atomic E-state index is 0.445. The van der Waals surface area contributed by atoms with E-state index in [4.69, 9.17) is 16.3 Å². The van der Waals surface area contributed by atoms with Crippen LogP contribution in [0.3, 0.4) is 0 Å². The Kier molecular flexibility index (Phi) is 6.71. The molecule has 1 aliphatic rings. The lowest BCUT2D eigenvalue weighted by Gasteiger charge is -2.34. The quantitative estimate of drug-likeness (QED) is 0.483. The largest absolute Gasteiger partial charge is 0.380 e. The first-order valence-electron chi connectivity index (χ1n) is 6.48. The zero-order valence-electron chi connectivity index (χ0n) is 10.9. The molecule has 0 bridgehead atoms. The van der Waals surface area contributed by atoms with Crippen LogP contribution in [-0.4, -0.2) is 43.6 Å². The second kappa shape index (κ2) is 7.52. The van der Waals surface area contributed by atoms with Crippen LogP contribution in [0.4, 0.5) is 0 Å². The van der Waals surface area contributed by atoms with Gasteiger partial charge in [-0.25, -0.2) is 0 Å². The molecule has 0 N–H and O–H groups in total. The first-order chi connectivity index (χ1) is 7.58. The molecule has 96 valence electrons. The molecule has 1 aliphatic carbocycles. The van der Waals surface area contributed by atoms with E-state index in [1.807, 2.05) is 0 Å². The fourth-order valence-corrected chi connectivity index (χ4v) is 2.48. The maximum Gasteiger partial charge on any atom is 0.0593 e. The number of ether oxygens (including phenoxy) is 1. The van der Waals surface area contributed by atoms with Gasteiger partial charge in [-0.3, -0.25) is 0 Å². The number of likely N-dealkylation sites (N-methyl/N-ethyl adjacent to an activating group) is 1. The van der Waals surface area contributed by atoms with Crippen LogP contribution < -0.4 is 0 Å². The van der Waals surface area contributed by atoms with Gasteiger partial charge in [0, 0.05) is 25.1 Å². The molecule has 0 spiro atoms. The average Bonchev–Trinajstić information content (AvgIpc) is 2.14. The Bertz CT molecular complexity index is 181. The molecule has 0 aromatic rings. The van der Waals surface area contributed by atoms with Crippen molar-refractivity contribution in [2.45, 2.75) is 38.5 Å². The molecule has 3 heteroatoms. The molecule has 0 heterocycles. The Balaban J connectivity index is 1.88. The second-order valence-corrected chi connectivity index (χ2v) is 6.11. The second-order valence-electron chi connectivity index (χ2n) is 5.49. The molecular formula is C13H26ClNO. The molecule has 0 saturated heterocycles. The summed E-state index contributed by atoms with van der Waals surface area (Å²) >= 11 is 5.96. The molecule has 2 nitrogen and oxygen atoms in total. The highest BCUT2D eigenvalue weighted by molar-refractivity contribution is 6.21. The minimum absolute atomic E-state index is 0.445. The van der Waals surface area contributed by atoms with Crippen molar-refractivity contribution >= 4 is 11.6 Å². The van der Waals surface area contributed by atoms with E-state index in [2.05, 4.69) is 25.8 Å². The van der Waals surface area contributed by atoms with E-state index in [0.717, 1.165) is 31.6 Å². The fourth-order valence-electron chi connectivity index (χ4n) is 1.98. The molecule has 1 saturated carbocycles. The van der Waals surface area contributed by atoms with E-state index in [9.17, 15) is 0 Å². The highest BCUT2D eigenvalue weighted by Gasteiger charge is 2.27. The Morgan fingerprint density at radius 1 is 1.31 bits per heavy atom. The molecule has 1 fully saturated rings.